The van der Waals surface area contributed by atoms with Crippen molar-refractivity contribution in [1.29, 1.82) is 0 Å². The van der Waals surface area contributed by atoms with Crippen molar-refractivity contribution in [3.63, 3.8) is 0 Å². The minimum absolute atomic E-state index is 0.560. The van der Waals surface area contributed by atoms with Crippen molar-refractivity contribution in [2.24, 2.45) is 0 Å². The molecule has 1 aliphatic rings. The van der Waals surface area contributed by atoms with E-state index in [1.165, 1.54) is 0 Å². The summed E-state index contributed by atoms with van der Waals surface area (Å²) < 4.78 is 5.27. The molecule has 14 heavy (non-hydrogen) atoms. The van der Waals surface area contributed by atoms with E-state index in [0.29, 0.717) is 24.9 Å². The van der Waals surface area contributed by atoms with Crippen LogP contribution >= 0.6 is 0 Å². The molecule has 1 saturated heterocycles. The van der Waals surface area contributed by atoms with Crippen LogP contribution in [0.25, 0.3) is 0 Å². The van der Waals surface area contributed by atoms with Gasteiger partial charge in [0, 0.05) is 20.0 Å². The maximum absolute atomic E-state index is 9.74. The molecule has 1 unspecified atom stereocenters. The Kier molecular flexibility index (Phi) is 2.28. The Hall–Kier alpha value is -0.940. The van der Waals surface area contributed by atoms with Gasteiger partial charge < -0.3 is 9.52 Å². The van der Waals surface area contributed by atoms with Crippen molar-refractivity contribution in [3.05, 3.63) is 11.8 Å². The molecule has 5 heteroatoms. The molecule has 78 valence electrons. The highest BCUT2D eigenvalue weighted by Gasteiger charge is 2.31. The van der Waals surface area contributed by atoms with Gasteiger partial charge in [0.2, 0.25) is 11.8 Å². The van der Waals surface area contributed by atoms with Crippen molar-refractivity contribution < 1.29 is 9.52 Å². The molecule has 0 radical (unpaired) electrons. The summed E-state index contributed by atoms with van der Waals surface area (Å²) in [7, 11) is 0. The number of aromatic nitrogens is 2. The van der Waals surface area contributed by atoms with E-state index in [-0.39, 0.29) is 0 Å². The predicted octanol–water partition coefficient (Wildman–Crippen LogP) is 0.335. The number of hydrogen-bond donors (Lipinski definition) is 1. The first-order valence-electron chi connectivity index (χ1n) is 4.79. The van der Waals surface area contributed by atoms with Crippen LogP contribution in [0.4, 0.5) is 0 Å². The zero-order chi connectivity index (χ0) is 10.2. The summed E-state index contributed by atoms with van der Waals surface area (Å²) in [6.07, 6.45) is 0.806. The summed E-state index contributed by atoms with van der Waals surface area (Å²) >= 11 is 0. The first kappa shape index (κ1) is 9.61. The fraction of sp³-hybridized carbons (Fsp3) is 0.778. The van der Waals surface area contributed by atoms with Gasteiger partial charge in [0.15, 0.2) is 0 Å². The first-order chi connectivity index (χ1) is 6.55. The second kappa shape index (κ2) is 3.33. The van der Waals surface area contributed by atoms with Crippen LogP contribution in [-0.4, -0.2) is 38.9 Å². The van der Waals surface area contributed by atoms with Gasteiger partial charge in [-0.3, -0.25) is 4.90 Å². The highest BCUT2D eigenvalue weighted by atomic mass is 16.4. The van der Waals surface area contributed by atoms with Crippen LogP contribution in [0.1, 0.15) is 25.1 Å². The number of aryl methyl sites for hydroxylation is 1. The lowest BCUT2D eigenvalue weighted by molar-refractivity contribution is 0.0668. The summed E-state index contributed by atoms with van der Waals surface area (Å²) in [4.78, 5) is 2.12. The van der Waals surface area contributed by atoms with E-state index >= 15 is 0 Å². The van der Waals surface area contributed by atoms with Crippen LogP contribution in [-0.2, 0) is 6.54 Å². The molecule has 2 heterocycles. The van der Waals surface area contributed by atoms with Gasteiger partial charge in [0.05, 0.1) is 12.1 Å². The zero-order valence-corrected chi connectivity index (χ0v) is 8.53. The zero-order valence-electron chi connectivity index (χ0n) is 8.53. The Morgan fingerprint density at radius 1 is 1.57 bits per heavy atom. The van der Waals surface area contributed by atoms with Gasteiger partial charge >= 0.3 is 0 Å². The smallest absolute Gasteiger partial charge is 0.230 e. The molecule has 1 N–H and O–H groups in total. The average molecular weight is 197 g/mol. The molecule has 0 spiro atoms. The molecule has 0 aromatic carbocycles. The lowest BCUT2D eigenvalue weighted by atomic mass is 10.1. The molecule has 1 aromatic heterocycles. The monoisotopic (exact) mass is 197 g/mol. The van der Waals surface area contributed by atoms with Gasteiger partial charge in [-0.25, -0.2) is 0 Å². The van der Waals surface area contributed by atoms with Crippen molar-refractivity contribution in [2.45, 2.75) is 32.4 Å². The molecule has 5 nitrogen and oxygen atoms in total. The van der Waals surface area contributed by atoms with Gasteiger partial charge in [-0.05, 0) is 13.3 Å². The van der Waals surface area contributed by atoms with E-state index in [1.807, 2.05) is 6.92 Å². The molecule has 0 amide bonds. The van der Waals surface area contributed by atoms with Gasteiger partial charge in [0.25, 0.3) is 0 Å². The lowest BCUT2D eigenvalue weighted by Gasteiger charge is -2.16. The summed E-state index contributed by atoms with van der Waals surface area (Å²) in [6.45, 7) is 5.82. The SMILES string of the molecule is Cc1nnc(CN2CCC(C)(O)C2)o1. The molecule has 1 aromatic rings. The molecule has 1 atom stereocenters. The molecule has 0 saturated carbocycles. The third-order valence-electron chi connectivity index (χ3n) is 2.46. The van der Waals surface area contributed by atoms with Crippen molar-refractivity contribution in [2.75, 3.05) is 13.1 Å². The fourth-order valence-electron chi connectivity index (χ4n) is 1.77. The topological polar surface area (TPSA) is 62.4 Å². The Labute approximate surface area is 82.7 Å². The van der Waals surface area contributed by atoms with Gasteiger partial charge in [0.1, 0.15) is 0 Å². The minimum Gasteiger partial charge on any atom is -0.424 e. The third-order valence-corrected chi connectivity index (χ3v) is 2.46. The number of β-amino-alcohol motifs (C(OH)–C–C–N with tert-alkyl or cyclic N) is 1. The van der Waals surface area contributed by atoms with E-state index < -0.39 is 5.60 Å². The maximum Gasteiger partial charge on any atom is 0.230 e. The molecule has 2 rings (SSSR count). The predicted molar refractivity (Wildman–Crippen MR) is 49.6 cm³/mol. The molecule has 0 aliphatic carbocycles. The van der Waals surface area contributed by atoms with Crippen LogP contribution in [0.2, 0.25) is 0 Å². The summed E-state index contributed by atoms with van der Waals surface area (Å²) in [5, 5.41) is 17.4. The van der Waals surface area contributed by atoms with Gasteiger partial charge in [-0.1, -0.05) is 0 Å². The number of rotatable bonds is 2. The number of aliphatic hydroxyl groups is 1. The highest BCUT2D eigenvalue weighted by Crippen LogP contribution is 2.21. The standard InChI is InChI=1S/C9H15N3O2/c1-7-10-11-8(14-7)5-12-4-3-9(2,13)6-12/h13H,3-6H2,1-2H3. The largest absolute Gasteiger partial charge is 0.424 e. The number of nitrogens with zero attached hydrogens (tertiary/aromatic N) is 3. The molecular formula is C9H15N3O2. The van der Waals surface area contributed by atoms with Crippen LogP contribution in [0.3, 0.4) is 0 Å². The number of likely N-dealkylation sites (tertiary alicyclic amines) is 1. The Morgan fingerprint density at radius 2 is 2.36 bits per heavy atom. The average Bonchev–Trinajstić information content (AvgIpc) is 2.59. The van der Waals surface area contributed by atoms with Crippen molar-refractivity contribution >= 4 is 0 Å². The van der Waals surface area contributed by atoms with Gasteiger partial charge in [-0.2, -0.15) is 0 Å². The minimum atomic E-state index is -0.560. The molecule has 1 fully saturated rings. The van der Waals surface area contributed by atoms with Crippen LogP contribution < -0.4 is 0 Å². The van der Waals surface area contributed by atoms with Gasteiger partial charge in [-0.15, -0.1) is 10.2 Å². The highest BCUT2D eigenvalue weighted by molar-refractivity contribution is 4.88. The van der Waals surface area contributed by atoms with Crippen LogP contribution in [0, 0.1) is 6.92 Å². The van der Waals surface area contributed by atoms with E-state index in [0.717, 1.165) is 13.0 Å². The Bertz CT molecular complexity index is 322. The third kappa shape index (κ3) is 2.10. The Morgan fingerprint density at radius 3 is 2.86 bits per heavy atom. The van der Waals surface area contributed by atoms with Crippen LogP contribution in [0.15, 0.2) is 4.42 Å². The summed E-state index contributed by atoms with van der Waals surface area (Å²) in [5.41, 5.74) is -0.560. The fourth-order valence-corrected chi connectivity index (χ4v) is 1.77. The lowest BCUT2D eigenvalue weighted by Crippen LogP contribution is -2.29. The summed E-state index contributed by atoms with van der Waals surface area (Å²) in [5.74, 6) is 1.21. The van der Waals surface area contributed by atoms with Crippen molar-refractivity contribution in [3.8, 4) is 0 Å². The first-order valence-corrected chi connectivity index (χ1v) is 4.79. The molecule has 1 aliphatic heterocycles. The van der Waals surface area contributed by atoms with Crippen molar-refractivity contribution in [1.82, 2.24) is 15.1 Å². The number of hydrogen-bond acceptors (Lipinski definition) is 5. The quantitative estimate of drug-likeness (QED) is 0.740. The van der Waals surface area contributed by atoms with E-state index in [1.54, 1.807) is 6.92 Å². The molecular weight excluding hydrogens is 182 g/mol. The van der Waals surface area contributed by atoms with E-state index in [2.05, 4.69) is 15.1 Å². The maximum atomic E-state index is 9.74. The molecule has 0 bridgehead atoms. The van der Waals surface area contributed by atoms with E-state index in [4.69, 9.17) is 4.42 Å². The second-order valence-electron chi connectivity index (χ2n) is 4.17. The summed E-state index contributed by atoms with van der Waals surface area (Å²) in [6, 6.07) is 0. The van der Waals surface area contributed by atoms with Crippen LogP contribution in [0.5, 0.6) is 0 Å². The normalized spacial score (nSPS) is 28.5. The second-order valence-corrected chi connectivity index (χ2v) is 4.17. The Balaban J connectivity index is 1.94. The van der Waals surface area contributed by atoms with E-state index in [9.17, 15) is 5.11 Å².